The zero-order valence-electron chi connectivity index (χ0n) is 14.1. The minimum absolute atomic E-state index is 0.238. The number of carbonyl (C=O) groups is 1. The molecule has 1 N–H and O–H groups in total. The molecule has 3 rings (SSSR count). The normalized spacial score (nSPS) is 23.7. The minimum atomic E-state index is 0.238. The van der Waals surface area contributed by atoms with E-state index >= 15 is 0 Å². The Kier molecular flexibility index (Phi) is 6.08. The van der Waals surface area contributed by atoms with Gasteiger partial charge in [-0.05, 0) is 38.3 Å². The Hall–Kier alpha value is -1.36. The van der Waals surface area contributed by atoms with Gasteiger partial charge in [0.2, 0.25) is 5.91 Å². The second-order valence-electron chi connectivity index (χ2n) is 7.07. The highest BCUT2D eigenvalue weighted by molar-refractivity contribution is 5.76. The summed E-state index contributed by atoms with van der Waals surface area (Å²) in [7, 11) is 0. The molecule has 1 aliphatic carbocycles. The quantitative estimate of drug-likeness (QED) is 0.820. The van der Waals surface area contributed by atoms with E-state index in [0.717, 1.165) is 32.5 Å². The minimum Gasteiger partial charge on any atom is -0.353 e. The molecule has 2 aliphatic rings. The van der Waals surface area contributed by atoms with Gasteiger partial charge in [-0.2, -0.15) is 5.10 Å². The lowest BCUT2D eigenvalue weighted by molar-refractivity contribution is -0.122. The monoisotopic (exact) mass is 318 g/mol. The first-order valence-corrected chi connectivity index (χ1v) is 9.32. The fourth-order valence-electron chi connectivity index (χ4n) is 3.99. The molecule has 5 nitrogen and oxygen atoms in total. The smallest absolute Gasteiger partial charge is 0.221 e. The molecular formula is C18H30N4O. The topological polar surface area (TPSA) is 50.2 Å². The number of amides is 1. The van der Waals surface area contributed by atoms with Crippen molar-refractivity contribution in [1.29, 1.82) is 0 Å². The Morgan fingerprint density at radius 3 is 2.70 bits per heavy atom. The molecule has 0 unspecified atom stereocenters. The van der Waals surface area contributed by atoms with Gasteiger partial charge in [0.15, 0.2) is 0 Å². The number of aromatic nitrogens is 2. The number of nitrogens with one attached hydrogen (secondary N) is 1. The van der Waals surface area contributed by atoms with Crippen molar-refractivity contribution in [3.63, 3.8) is 0 Å². The molecule has 1 amide bonds. The SMILES string of the molecule is O=C(CCN1CCC[C@@H]1Cn1cccn1)NC1CCCCCC1. The summed E-state index contributed by atoms with van der Waals surface area (Å²) < 4.78 is 2.01. The van der Waals surface area contributed by atoms with Crippen LogP contribution in [0.3, 0.4) is 0 Å². The third-order valence-electron chi connectivity index (χ3n) is 5.30. The van der Waals surface area contributed by atoms with Crippen LogP contribution in [0.4, 0.5) is 0 Å². The molecule has 0 radical (unpaired) electrons. The molecule has 0 bridgehead atoms. The number of carbonyl (C=O) groups excluding carboxylic acids is 1. The first-order valence-electron chi connectivity index (χ1n) is 9.32. The summed E-state index contributed by atoms with van der Waals surface area (Å²) in [6, 6.07) is 2.92. The van der Waals surface area contributed by atoms with Crippen molar-refractivity contribution >= 4 is 5.91 Å². The van der Waals surface area contributed by atoms with Crippen molar-refractivity contribution in [3.05, 3.63) is 18.5 Å². The molecule has 2 heterocycles. The van der Waals surface area contributed by atoms with E-state index in [1.807, 2.05) is 23.1 Å². The predicted octanol–water partition coefficient (Wildman–Crippen LogP) is 2.58. The maximum Gasteiger partial charge on any atom is 0.221 e. The number of rotatable bonds is 6. The molecule has 1 aromatic heterocycles. The highest BCUT2D eigenvalue weighted by Crippen LogP contribution is 2.20. The molecule has 128 valence electrons. The van der Waals surface area contributed by atoms with E-state index in [4.69, 9.17) is 0 Å². The van der Waals surface area contributed by atoms with Gasteiger partial charge < -0.3 is 5.32 Å². The summed E-state index contributed by atoms with van der Waals surface area (Å²) in [5, 5.41) is 7.57. The van der Waals surface area contributed by atoms with Gasteiger partial charge in [-0.25, -0.2) is 0 Å². The molecular weight excluding hydrogens is 288 g/mol. The fourth-order valence-corrected chi connectivity index (χ4v) is 3.99. The maximum atomic E-state index is 12.2. The Morgan fingerprint density at radius 2 is 1.96 bits per heavy atom. The van der Waals surface area contributed by atoms with Gasteiger partial charge in [-0.3, -0.25) is 14.4 Å². The first-order chi connectivity index (χ1) is 11.3. The lowest BCUT2D eigenvalue weighted by Gasteiger charge is -2.24. The van der Waals surface area contributed by atoms with Crippen LogP contribution in [0, 0.1) is 0 Å². The van der Waals surface area contributed by atoms with E-state index in [1.165, 1.54) is 38.5 Å². The van der Waals surface area contributed by atoms with Crippen LogP contribution >= 0.6 is 0 Å². The van der Waals surface area contributed by atoms with Gasteiger partial charge in [-0.15, -0.1) is 0 Å². The van der Waals surface area contributed by atoms with Crippen LogP contribution < -0.4 is 5.32 Å². The average molecular weight is 318 g/mol. The molecule has 1 atom stereocenters. The van der Waals surface area contributed by atoms with E-state index < -0.39 is 0 Å². The molecule has 5 heteroatoms. The molecule has 1 saturated carbocycles. The molecule has 23 heavy (non-hydrogen) atoms. The molecule has 0 aromatic carbocycles. The lowest BCUT2D eigenvalue weighted by Crippen LogP contribution is -2.39. The number of hydrogen-bond acceptors (Lipinski definition) is 3. The van der Waals surface area contributed by atoms with Crippen LogP contribution in [0.5, 0.6) is 0 Å². The van der Waals surface area contributed by atoms with E-state index in [0.29, 0.717) is 18.5 Å². The van der Waals surface area contributed by atoms with Gasteiger partial charge in [0.05, 0.1) is 6.54 Å². The summed E-state index contributed by atoms with van der Waals surface area (Å²) in [5.74, 6) is 0.238. The highest BCUT2D eigenvalue weighted by atomic mass is 16.1. The highest BCUT2D eigenvalue weighted by Gasteiger charge is 2.25. The van der Waals surface area contributed by atoms with Gasteiger partial charge in [-0.1, -0.05) is 25.7 Å². The van der Waals surface area contributed by atoms with Crippen LogP contribution in [-0.4, -0.2) is 45.8 Å². The second-order valence-corrected chi connectivity index (χ2v) is 7.07. The summed E-state index contributed by atoms with van der Waals surface area (Å²) in [6.07, 6.45) is 14.5. The summed E-state index contributed by atoms with van der Waals surface area (Å²) in [6.45, 7) is 2.93. The van der Waals surface area contributed by atoms with Gasteiger partial charge >= 0.3 is 0 Å². The van der Waals surface area contributed by atoms with Crippen molar-refractivity contribution < 1.29 is 4.79 Å². The predicted molar refractivity (Wildman–Crippen MR) is 91.1 cm³/mol. The maximum absolute atomic E-state index is 12.2. The largest absolute Gasteiger partial charge is 0.353 e. The first kappa shape index (κ1) is 16.5. The van der Waals surface area contributed by atoms with Gasteiger partial charge in [0.25, 0.3) is 0 Å². The lowest BCUT2D eigenvalue weighted by atomic mass is 10.1. The molecule has 1 saturated heterocycles. The number of nitrogens with zero attached hydrogens (tertiary/aromatic N) is 3. The Morgan fingerprint density at radius 1 is 1.13 bits per heavy atom. The van der Waals surface area contributed by atoms with E-state index in [-0.39, 0.29) is 5.91 Å². The Labute approximate surface area is 139 Å². The average Bonchev–Trinajstić information content (AvgIpc) is 3.14. The van der Waals surface area contributed by atoms with E-state index in [9.17, 15) is 4.79 Å². The Bertz CT molecular complexity index is 465. The van der Waals surface area contributed by atoms with Crippen LogP contribution in [0.1, 0.15) is 57.8 Å². The molecule has 1 aliphatic heterocycles. The van der Waals surface area contributed by atoms with Crippen molar-refractivity contribution in [2.75, 3.05) is 13.1 Å². The second kappa shape index (κ2) is 8.48. The molecule has 2 fully saturated rings. The van der Waals surface area contributed by atoms with Gasteiger partial charge in [0, 0.05) is 37.4 Å². The number of hydrogen-bond donors (Lipinski definition) is 1. The Balaban J connectivity index is 1.40. The summed E-state index contributed by atoms with van der Waals surface area (Å²) in [5.41, 5.74) is 0. The van der Waals surface area contributed by atoms with Crippen molar-refractivity contribution in [3.8, 4) is 0 Å². The van der Waals surface area contributed by atoms with Crippen LogP contribution in [0.25, 0.3) is 0 Å². The van der Waals surface area contributed by atoms with Gasteiger partial charge in [0.1, 0.15) is 0 Å². The van der Waals surface area contributed by atoms with Crippen LogP contribution in [0.15, 0.2) is 18.5 Å². The van der Waals surface area contributed by atoms with E-state index in [2.05, 4.69) is 15.3 Å². The standard InChI is InChI=1S/C18H30N4O/c23-18(20-16-7-3-1-2-4-8-16)10-14-21-12-5-9-17(21)15-22-13-6-11-19-22/h6,11,13,16-17H,1-5,7-10,12,14-15H2,(H,20,23)/t17-/m1/s1. The van der Waals surface area contributed by atoms with Crippen molar-refractivity contribution in [2.45, 2.75) is 76.4 Å². The van der Waals surface area contributed by atoms with Crippen molar-refractivity contribution in [2.24, 2.45) is 0 Å². The zero-order valence-corrected chi connectivity index (χ0v) is 14.1. The van der Waals surface area contributed by atoms with Crippen LogP contribution in [0.2, 0.25) is 0 Å². The van der Waals surface area contributed by atoms with Crippen LogP contribution in [-0.2, 0) is 11.3 Å². The fraction of sp³-hybridized carbons (Fsp3) is 0.778. The molecule has 1 aromatic rings. The third-order valence-corrected chi connectivity index (χ3v) is 5.30. The molecule has 0 spiro atoms. The summed E-state index contributed by atoms with van der Waals surface area (Å²) >= 11 is 0. The third kappa shape index (κ3) is 5.06. The number of likely N-dealkylation sites (tertiary alicyclic amines) is 1. The van der Waals surface area contributed by atoms with Crippen molar-refractivity contribution in [1.82, 2.24) is 20.0 Å². The van der Waals surface area contributed by atoms with E-state index in [1.54, 1.807) is 0 Å². The summed E-state index contributed by atoms with van der Waals surface area (Å²) in [4.78, 5) is 14.7. The zero-order chi connectivity index (χ0) is 15.9.